The number of anilines is 1. The monoisotopic (exact) mass is 379 g/mol. The van der Waals surface area contributed by atoms with Crippen LogP contribution < -0.4 is 19.6 Å². The summed E-state index contributed by atoms with van der Waals surface area (Å²) in [5.41, 5.74) is 8.28. The molecule has 3 rings (SSSR count). The summed E-state index contributed by atoms with van der Waals surface area (Å²) in [6.45, 7) is 6.25. The summed E-state index contributed by atoms with van der Waals surface area (Å²) in [5, 5.41) is 5.49. The molecule has 0 unspecified atom stereocenters. The van der Waals surface area contributed by atoms with E-state index in [2.05, 4.69) is 43.4 Å². The SMILES string of the molecule is COc1cc(OC)c(OC)cc1C=NNc1cc(C)c2cc(C)cc(C)c2n1. The lowest BCUT2D eigenvalue weighted by Crippen LogP contribution is -1.99. The van der Waals surface area contributed by atoms with Crippen LogP contribution in [0.25, 0.3) is 10.9 Å². The molecule has 1 aromatic heterocycles. The molecule has 0 aliphatic carbocycles. The van der Waals surface area contributed by atoms with E-state index in [0.29, 0.717) is 23.1 Å². The Morgan fingerprint density at radius 3 is 2.18 bits per heavy atom. The van der Waals surface area contributed by atoms with Crippen LogP contribution in [0.15, 0.2) is 35.4 Å². The molecule has 0 fully saturated rings. The normalized spacial score (nSPS) is 11.1. The third-order valence-corrected chi connectivity index (χ3v) is 4.57. The first-order valence-electron chi connectivity index (χ1n) is 8.94. The van der Waals surface area contributed by atoms with Crippen LogP contribution in [-0.4, -0.2) is 32.5 Å². The van der Waals surface area contributed by atoms with Gasteiger partial charge in [-0.05, 0) is 50.1 Å². The van der Waals surface area contributed by atoms with Crippen LogP contribution in [0.4, 0.5) is 5.82 Å². The highest BCUT2D eigenvalue weighted by Gasteiger charge is 2.11. The van der Waals surface area contributed by atoms with Crippen molar-refractivity contribution in [1.29, 1.82) is 0 Å². The minimum Gasteiger partial charge on any atom is -0.496 e. The maximum Gasteiger partial charge on any atom is 0.164 e. The molecule has 1 heterocycles. The molecule has 0 aliphatic rings. The van der Waals surface area contributed by atoms with Gasteiger partial charge in [-0.2, -0.15) is 5.10 Å². The second-order valence-electron chi connectivity index (χ2n) is 6.62. The zero-order valence-electron chi connectivity index (χ0n) is 17.1. The Morgan fingerprint density at radius 1 is 0.821 bits per heavy atom. The molecule has 0 radical (unpaired) electrons. The molecule has 1 N–H and O–H groups in total. The number of nitrogens with zero attached hydrogens (tertiary/aromatic N) is 2. The average molecular weight is 379 g/mol. The number of aromatic nitrogens is 1. The summed E-state index contributed by atoms with van der Waals surface area (Å²) in [7, 11) is 4.78. The van der Waals surface area contributed by atoms with E-state index in [9.17, 15) is 0 Å². The van der Waals surface area contributed by atoms with Gasteiger partial charge >= 0.3 is 0 Å². The molecule has 2 aromatic carbocycles. The number of hydrazone groups is 1. The van der Waals surface area contributed by atoms with E-state index in [4.69, 9.17) is 19.2 Å². The lowest BCUT2D eigenvalue weighted by atomic mass is 10.0. The van der Waals surface area contributed by atoms with Gasteiger partial charge in [-0.3, -0.25) is 5.43 Å². The van der Waals surface area contributed by atoms with Crippen LogP contribution in [0, 0.1) is 20.8 Å². The van der Waals surface area contributed by atoms with Gasteiger partial charge in [0.25, 0.3) is 0 Å². The zero-order valence-corrected chi connectivity index (χ0v) is 17.1. The van der Waals surface area contributed by atoms with Gasteiger partial charge in [0.05, 0.1) is 33.1 Å². The van der Waals surface area contributed by atoms with E-state index < -0.39 is 0 Å². The highest BCUT2D eigenvalue weighted by Crippen LogP contribution is 2.33. The van der Waals surface area contributed by atoms with Crippen molar-refractivity contribution in [1.82, 2.24) is 4.98 Å². The molecule has 0 saturated carbocycles. The van der Waals surface area contributed by atoms with Gasteiger partial charge in [0.1, 0.15) is 11.6 Å². The van der Waals surface area contributed by atoms with Crippen molar-refractivity contribution < 1.29 is 14.2 Å². The molecule has 0 bridgehead atoms. The van der Waals surface area contributed by atoms with Crippen molar-refractivity contribution >= 4 is 22.9 Å². The molecule has 0 atom stereocenters. The number of benzene rings is 2. The van der Waals surface area contributed by atoms with Crippen molar-refractivity contribution in [3.63, 3.8) is 0 Å². The van der Waals surface area contributed by atoms with Crippen molar-refractivity contribution in [3.05, 3.63) is 52.6 Å². The first kappa shape index (κ1) is 19.5. The second-order valence-corrected chi connectivity index (χ2v) is 6.62. The summed E-state index contributed by atoms with van der Waals surface area (Å²) in [5.74, 6) is 2.53. The largest absolute Gasteiger partial charge is 0.496 e. The lowest BCUT2D eigenvalue weighted by molar-refractivity contribution is 0.349. The second kappa shape index (κ2) is 8.17. The zero-order chi connectivity index (χ0) is 20.3. The Hall–Kier alpha value is -3.28. The Labute approximate surface area is 165 Å². The van der Waals surface area contributed by atoms with Crippen molar-refractivity contribution in [2.24, 2.45) is 5.10 Å². The molecule has 0 aliphatic heterocycles. The fourth-order valence-electron chi connectivity index (χ4n) is 3.22. The summed E-state index contributed by atoms with van der Waals surface area (Å²) < 4.78 is 16.1. The molecule has 146 valence electrons. The molecular weight excluding hydrogens is 354 g/mol. The maximum atomic E-state index is 5.42. The first-order valence-corrected chi connectivity index (χ1v) is 8.94. The van der Waals surface area contributed by atoms with Crippen molar-refractivity contribution in [2.75, 3.05) is 26.8 Å². The highest BCUT2D eigenvalue weighted by molar-refractivity contribution is 5.88. The minimum atomic E-state index is 0.599. The summed E-state index contributed by atoms with van der Waals surface area (Å²) >= 11 is 0. The van der Waals surface area contributed by atoms with Gasteiger partial charge < -0.3 is 14.2 Å². The molecule has 6 heteroatoms. The Morgan fingerprint density at radius 2 is 1.50 bits per heavy atom. The van der Waals surface area contributed by atoms with Gasteiger partial charge in [-0.1, -0.05) is 11.6 Å². The van der Waals surface area contributed by atoms with Gasteiger partial charge in [0.2, 0.25) is 0 Å². The van der Waals surface area contributed by atoms with E-state index in [-0.39, 0.29) is 0 Å². The number of rotatable bonds is 6. The topological polar surface area (TPSA) is 65.0 Å². The smallest absolute Gasteiger partial charge is 0.164 e. The Balaban J connectivity index is 1.91. The van der Waals surface area contributed by atoms with Crippen molar-refractivity contribution in [2.45, 2.75) is 20.8 Å². The quantitative estimate of drug-likeness (QED) is 0.500. The van der Waals surface area contributed by atoms with Gasteiger partial charge in [0, 0.05) is 17.0 Å². The number of nitrogens with one attached hydrogen (secondary N) is 1. The van der Waals surface area contributed by atoms with Crippen LogP contribution in [0.2, 0.25) is 0 Å². The fourth-order valence-corrected chi connectivity index (χ4v) is 3.22. The average Bonchev–Trinajstić information content (AvgIpc) is 2.68. The van der Waals surface area contributed by atoms with Crippen molar-refractivity contribution in [3.8, 4) is 17.2 Å². The molecule has 6 nitrogen and oxygen atoms in total. The highest BCUT2D eigenvalue weighted by atomic mass is 16.5. The first-order chi connectivity index (χ1) is 13.5. The minimum absolute atomic E-state index is 0.599. The number of pyridine rings is 1. The lowest BCUT2D eigenvalue weighted by Gasteiger charge is -2.12. The number of aryl methyl sites for hydroxylation is 3. The number of hydrogen-bond acceptors (Lipinski definition) is 6. The molecule has 0 spiro atoms. The van der Waals surface area contributed by atoms with E-state index >= 15 is 0 Å². The standard InChI is InChI=1S/C22H25N3O3/c1-13-7-15(3)22-17(8-13)14(2)9-21(24-22)25-23-12-16-10-19(27-5)20(28-6)11-18(16)26-4/h7-12H,1-6H3,(H,24,25). The fraction of sp³-hybridized carbons (Fsp3) is 0.273. The van der Waals surface area contributed by atoms with Crippen LogP contribution in [0.5, 0.6) is 17.2 Å². The van der Waals surface area contributed by atoms with E-state index in [1.54, 1.807) is 33.6 Å². The molecule has 28 heavy (non-hydrogen) atoms. The third kappa shape index (κ3) is 3.86. The number of fused-ring (bicyclic) bond motifs is 1. The number of ether oxygens (including phenoxy) is 3. The molecule has 0 amide bonds. The number of hydrogen-bond donors (Lipinski definition) is 1. The van der Waals surface area contributed by atoms with E-state index in [1.165, 1.54) is 5.56 Å². The van der Waals surface area contributed by atoms with Gasteiger partial charge in [0.15, 0.2) is 11.5 Å². The third-order valence-electron chi connectivity index (χ3n) is 4.57. The van der Waals surface area contributed by atoms with Crippen LogP contribution in [0.1, 0.15) is 22.3 Å². The van der Waals surface area contributed by atoms with E-state index in [1.807, 2.05) is 12.1 Å². The Kier molecular flexibility index (Phi) is 5.68. The summed E-state index contributed by atoms with van der Waals surface area (Å²) in [6, 6.07) is 9.87. The summed E-state index contributed by atoms with van der Waals surface area (Å²) in [6.07, 6.45) is 1.67. The predicted octanol–water partition coefficient (Wildman–Crippen LogP) is 4.63. The number of methoxy groups -OCH3 is 3. The van der Waals surface area contributed by atoms with Crippen LogP contribution in [-0.2, 0) is 0 Å². The van der Waals surface area contributed by atoms with Gasteiger partial charge in [-0.25, -0.2) is 4.98 Å². The predicted molar refractivity (Wildman–Crippen MR) is 113 cm³/mol. The molecular formula is C22H25N3O3. The van der Waals surface area contributed by atoms with Crippen LogP contribution >= 0.6 is 0 Å². The molecule has 0 saturated heterocycles. The Bertz CT molecular complexity index is 1050. The van der Waals surface area contributed by atoms with Gasteiger partial charge in [-0.15, -0.1) is 0 Å². The van der Waals surface area contributed by atoms with Crippen LogP contribution in [0.3, 0.4) is 0 Å². The van der Waals surface area contributed by atoms with E-state index in [0.717, 1.165) is 27.6 Å². The summed E-state index contributed by atoms with van der Waals surface area (Å²) in [4.78, 5) is 4.71. The molecule has 3 aromatic rings. The maximum absolute atomic E-state index is 5.42.